The lowest BCUT2D eigenvalue weighted by atomic mass is 10.2. The molecule has 0 amide bonds. The Labute approximate surface area is 123 Å². The van der Waals surface area contributed by atoms with E-state index in [-0.39, 0.29) is 6.04 Å². The second-order valence-electron chi connectivity index (χ2n) is 3.80. The summed E-state index contributed by atoms with van der Waals surface area (Å²) in [7, 11) is 0. The molecule has 1 aromatic heterocycles. The molecule has 0 aliphatic heterocycles. The van der Waals surface area contributed by atoms with E-state index in [2.05, 4.69) is 38.5 Å². The zero-order chi connectivity index (χ0) is 12.8. The lowest BCUT2D eigenvalue weighted by Gasteiger charge is -2.14. The van der Waals surface area contributed by atoms with Gasteiger partial charge in [-0.05, 0) is 18.2 Å². The van der Waals surface area contributed by atoms with Crippen molar-refractivity contribution in [1.29, 1.82) is 0 Å². The van der Waals surface area contributed by atoms with Gasteiger partial charge in [-0.15, -0.1) is 23.1 Å². The Morgan fingerprint density at radius 1 is 1.50 bits per heavy atom. The van der Waals surface area contributed by atoms with Crippen molar-refractivity contribution < 1.29 is 0 Å². The van der Waals surface area contributed by atoms with E-state index in [0.717, 1.165) is 16.6 Å². The van der Waals surface area contributed by atoms with Gasteiger partial charge >= 0.3 is 0 Å². The van der Waals surface area contributed by atoms with Gasteiger partial charge in [0.1, 0.15) is 0 Å². The van der Waals surface area contributed by atoms with Crippen molar-refractivity contribution in [2.75, 3.05) is 5.75 Å². The number of thioether (sulfide) groups is 1. The molecular weight excluding hydrogens is 330 g/mol. The number of benzene rings is 1. The molecule has 2 aromatic rings. The van der Waals surface area contributed by atoms with Crippen LogP contribution in [-0.4, -0.2) is 16.8 Å². The Kier molecular flexibility index (Phi) is 5.65. The third-order valence-corrected chi connectivity index (χ3v) is 4.87. The van der Waals surface area contributed by atoms with Crippen LogP contribution >= 0.6 is 39.0 Å². The molecule has 1 atom stereocenters. The fourth-order valence-electron chi connectivity index (χ4n) is 1.51. The Morgan fingerprint density at radius 2 is 2.39 bits per heavy atom. The molecule has 3 nitrogen and oxygen atoms in total. The lowest BCUT2D eigenvalue weighted by Crippen LogP contribution is -2.38. The number of nitrogens with two attached hydrogens (primary N) is 1. The van der Waals surface area contributed by atoms with Gasteiger partial charge in [0.15, 0.2) is 0 Å². The first-order valence-corrected chi connectivity index (χ1v) is 8.15. The number of rotatable bonds is 6. The van der Waals surface area contributed by atoms with E-state index >= 15 is 0 Å². The molecule has 0 bridgehead atoms. The summed E-state index contributed by atoms with van der Waals surface area (Å²) in [5.74, 6) is 6.53. The number of nitrogens with one attached hydrogen (secondary N) is 1. The van der Waals surface area contributed by atoms with Gasteiger partial charge in [-0.3, -0.25) is 16.3 Å². The third-order valence-electron chi connectivity index (χ3n) is 2.41. The highest BCUT2D eigenvalue weighted by molar-refractivity contribution is 9.10. The van der Waals surface area contributed by atoms with E-state index in [4.69, 9.17) is 5.84 Å². The summed E-state index contributed by atoms with van der Waals surface area (Å²) in [6, 6.07) is 8.55. The second kappa shape index (κ2) is 7.25. The maximum atomic E-state index is 5.60. The quantitative estimate of drug-likeness (QED) is 0.480. The molecule has 0 spiro atoms. The first-order valence-electron chi connectivity index (χ1n) is 5.50. The fraction of sp³-hybridized carbons (Fsp3) is 0.250. The number of hydrogen-bond donors (Lipinski definition) is 2. The van der Waals surface area contributed by atoms with E-state index in [9.17, 15) is 0 Å². The molecule has 0 saturated heterocycles. The number of aromatic nitrogens is 1. The minimum absolute atomic E-state index is 0.259. The minimum Gasteiger partial charge on any atom is -0.271 e. The van der Waals surface area contributed by atoms with Crippen LogP contribution in [-0.2, 0) is 6.42 Å². The van der Waals surface area contributed by atoms with Crippen molar-refractivity contribution in [3.8, 4) is 0 Å². The average molecular weight is 344 g/mol. The zero-order valence-electron chi connectivity index (χ0n) is 9.67. The van der Waals surface area contributed by atoms with Gasteiger partial charge in [-0.2, -0.15) is 0 Å². The topological polar surface area (TPSA) is 50.9 Å². The normalized spacial score (nSPS) is 12.6. The lowest BCUT2D eigenvalue weighted by molar-refractivity contribution is 0.579. The molecule has 18 heavy (non-hydrogen) atoms. The van der Waals surface area contributed by atoms with Crippen LogP contribution in [0.5, 0.6) is 0 Å². The highest BCUT2D eigenvalue weighted by Crippen LogP contribution is 2.23. The van der Waals surface area contributed by atoms with Crippen LogP contribution in [0.4, 0.5) is 0 Å². The first kappa shape index (κ1) is 14.0. The van der Waals surface area contributed by atoms with Crippen LogP contribution in [0.1, 0.15) is 4.88 Å². The molecular formula is C12H14BrN3S2. The van der Waals surface area contributed by atoms with E-state index in [1.54, 1.807) is 23.1 Å². The molecule has 1 unspecified atom stereocenters. The van der Waals surface area contributed by atoms with E-state index < -0.39 is 0 Å². The van der Waals surface area contributed by atoms with Crippen LogP contribution < -0.4 is 11.3 Å². The van der Waals surface area contributed by atoms with Crippen LogP contribution in [0, 0.1) is 0 Å². The summed E-state index contributed by atoms with van der Waals surface area (Å²) in [5, 5.41) is 0. The van der Waals surface area contributed by atoms with Gasteiger partial charge in [0.25, 0.3) is 0 Å². The Bertz CT molecular complexity index is 476. The first-order chi connectivity index (χ1) is 8.78. The number of halogens is 1. The van der Waals surface area contributed by atoms with Crippen LogP contribution in [0.3, 0.4) is 0 Å². The molecule has 3 N–H and O–H groups in total. The SMILES string of the molecule is NNC(CSc1cccc(Br)c1)Cc1cncs1. The predicted octanol–water partition coefficient (Wildman–Crippen LogP) is 3.07. The third kappa shape index (κ3) is 4.37. The predicted molar refractivity (Wildman–Crippen MR) is 81.8 cm³/mol. The average Bonchev–Trinajstić information content (AvgIpc) is 2.87. The molecule has 1 aromatic carbocycles. The van der Waals surface area contributed by atoms with Gasteiger partial charge in [-0.1, -0.05) is 22.0 Å². The maximum Gasteiger partial charge on any atom is 0.0794 e. The smallest absolute Gasteiger partial charge is 0.0794 e. The van der Waals surface area contributed by atoms with Crippen LogP contribution in [0.15, 0.2) is 45.3 Å². The Balaban J connectivity index is 1.87. The molecule has 0 aliphatic carbocycles. The summed E-state index contributed by atoms with van der Waals surface area (Å²) in [5.41, 5.74) is 4.72. The number of hydrogen-bond acceptors (Lipinski definition) is 5. The summed E-state index contributed by atoms with van der Waals surface area (Å²) in [4.78, 5) is 6.58. The second-order valence-corrected chi connectivity index (χ2v) is 6.78. The number of thiazole rings is 1. The zero-order valence-corrected chi connectivity index (χ0v) is 12.9. The van der Waals surface area contributed by atoms with E-state index in [1.807, 2.05) is 23.8 Å². The summed E-state index contributed by atoms with van der Waals surface area (Å²) in [6.45, 7) is 0. The molecule has 96 valence electrons. The van der Waals surface area contributed by atoms with Crippen LogP contribution in [0.2, 0.25) is 0 Å². The summed E-state index contributed by atoms with van der Waals surface area (Å²) < 4.78 is 1.10. The highest BCUT2D eigenvalue weighted by Gasteiger charge is 2.09. The number of hydrazine groups is 1. The molecule has 0 saturated carbocycles. The molecule has 1 heterocycles. The fourth-order valence-corrected chi connectivity index (χ4v) is 3.73. The van der Waals surface area contributed by atoms with Crippen molar-refractivity contribution in [3.05, 3.63) is 45.3 Å². The van der Waals surface area contributed by atoms with Gasteiger partial charge in [-0.25, -0.2) is 0 Å². The van der Waals surface area contributed by atoms with Crippen molar-refractivity contribution in [2.45, 2.75) is 17.4 Å². The minimum atomic E-state index is 0.259. The molecule has 6 heteroatoms. The molecule has 0 radical (unpaired) electrons. The monoisotopic (exact) mass is 343 g/mol. The van der Waals surface area contributed by atoms with Gasteiger partial charge in [0.05, 0.1) is 5.51 Å². The van der Waals surface area contributed by atoms with Crippen molar-refractivity contribution in [1.82, 2.24) is 10.4 Å². The molecule has 2 rings (SSSR count). The van der Waals surface area contributed by atoms with Gasteiger partial charge in [0.2, 0.25) is 0 Å². The Hall–Kier alpha value is -0.400. The van der Waals surface area contributed by atoms with Crippen LogP contribution in [0.25, 0.3) is 0 Å². The van der Waals surface area contributed by atoms with Crippen molar-refractivity contribution >= 4 is 39.0 Å². The number of nitrogens with zero attached hydrogens (tertiary/aromatic N) is 1. The Morgan fingerprint density at radius 3 is 3.06 bits per heavy atom. The van der Waals surface area contributed by atoms with Gasteiger partial charge in [0, 0.05) is 38.7 Å². The standard InChI is InChI=1S/C12H14BrN3S2/c13-9-2-1-3-11(4-9)17-7-10(16-14)5-12-6-15-8-18-12/h1-4,6,8,10,16H,5,7,14H2. The van der Waals surface area contributed by atoms with Gasteiger partial charge < -0.3 is 0 Å². The van der Waals surface area contributed by atoms with Crippen molar-refractivity contribution in [3.63, 3.8) is 0 Å². The van der Waals surface area contributed by atoms with Crippen molar-refractivity contribution in [2.24, 2.45) is 5.84 Å². The highest BCUT2D eigenvalue weighted by atomic mass is 79.9. The summed E-state index contributed by atoms with van der Waals surface area (Å²) >= 11 is 6.94. The maximum absolute atomic E-state index is 5.60. The van der Waals surface area contributed by atoms with E-state index in [1.165, 1.54) is 9.77 Å². The van der Waals surface area contributed by atoms with E-state index in [0.29, 0.717) is 0 Å². The largest absolute Gasteiger partial charge is 0.271 e. The molecule has 0 aliphatic rings. The molecule has 0 fully saturated rings. The summed E-state index contributed by atoms with van der Waals surface area (Å²) in [6.07, 6.45) is 2.82.